The van der Waals surface area contributed by atoms with Gasteiger partial charge in [0.25, 0.3) is 17.4 Å². The van der Waals surface area contributed by atoms with Crippen molar-refractivity contribution in [1.82, 2.24) is 25.1 Å². The van der Waals surface area contributed by atoms with Gasteiger partial charge in [-0.2, -0.15) is 0 Å². The molecule has 11 heteroatoms. The van der Waals surface area contributed by atoms with Crippen molar-refractivity contribution in [2.75, 3.05) is 26.2 Å². The summed E-state index contributed by atoms with van der Waals surface area (Å²) in [6.07, 6.45) is 3.08. The van der Waals surface area contributed by atoms with Crippen molar-refractivity contribution < 1.29 is 9.59 Å². The minimum atomic E-state index is -0.378. The van der Waals surface area contributed by atoms with Crippen LogP contribution in [-0.2, 0) is 13.1 Å². The monoisotopic (exact) mass is 505 g/mol. The molecule has 1 aliphatic heterocycles. The summed E-state index contributed by atoms with van der Waals surface area (Å²) in [7, 11) is 0. The van der Waals surface area contributed by atoms with Gasteiger partial charge in [-0.3, -0.25) is 19.3 Å². The van der Waals surface area contributed by atoms with Crippen LogP contribution in [0.15, 0.2) is 47.5 Å². The first-order valence-electron chi connectivity index (χ1n) is 10.3. The number of aromatic amines is 1. The predicted octanol–water partition coefficient (Wildman–Crippen LogP) is 3.03. The number of halogens is 2. The lowest BCUT2D eigenvalue weighted by Crippen LogP contribution is -2.49. The van der Waals surface area contributed by atoms with E-state index >= 15 is 0 Å². The number of H-pyrrole nitrogens is 1. The Morgan fingerprint density at radius 3 is 2.67 bits per heavy atom. The SMILES string of the molecule is O=C(NCc1ccc(Cl)cc1Cl)c1cnc(CN2CCN(C(=O)c3ccc[nH]c3=O)CC2)s1. The van der Waals surface area contributed by atoms with Gasteiger partial charge in [0.1, 0.15) is 15.4 Å². The number of rotatable bonds is 6. The standard InChI is InChI=1S/C22H21Cl2N5O3S/c23-15-4-3-14(17(24)10-15)11-27-21(31)18-12-26-19(33-18)13-28-6-8-29(9-7-28)22(32)16-2-1-5-25-20(16)30/h1-5,10,12H,6-9,11,13H2,(H,25,30)(H,27,31). The number of hydrogen-bond acceptors (Lipinski definition) is 6. The maximum atomic E-state index is 12.6. The molecule has 0 aliphatic carbocycles. The van der Waals surface area contributed by atoms with E-state index in [0.717, 1.165) is 10.6 Å². The number of thiazole rings is 1. The van der Waals surface area contributed by atoms with Gasteiger partial charge in [-0.1, -0.05) is 29.3 Å². The molecule has 4 rings (SSSR count). The summed E-state index contributed by atoms with van der Waals surface area (Å²) in [5.74, 6) is -0.473. The average Bonchev–Trinajstić information content (AvgIpc) is 3.27. The molecule has 0 spiro atoms. The fraction of sp³-hybridized carbons (Fsp3) is 0.273. The molecular weight excluding hydrogens is 485 g/mol. The molecule has 1 saturated heterocycles. The molecule has 1 aromatic carbocycles. The smallest absolute Gasteiger partial charge is 0.263 e. The number of aromatic nitrogens is 2. The van der Waals surface area contributed by atoms with Crippen LogP contribution in [0.25, 0.3) is 0 Å². The summed E-state index contributed by atoms with van der Waals surface area (Å²) in [4.78, 5) is 48.2. The molecule has 0 bridgehead atoms. The Kier molecular flexibility index (Phi) is 7.44. The van der Waals surface area contributed by atoms with E-state index in [1.54, 1.807) is 35.4 Å². The topological polar surface area (TPSA) is 98.4 Å². The van der Waals surface area contributed by atoms with Crippen LogP contribution in [0.5, 0.6) is 0 Å². The second kappa shape index (κ2) is 10.5. The molecular formula is C22H21Cl2N5O3S. The summed E-state index contributed by atoms with van der Waals surface area (Å²) >= 11 is 13.4. The molecule has 3 aromatic rings. The summed E-state index contributed by atoms with van der Waals surface area (Å²) < 4.78 is 0. The molecule has 0 saturated carbocycles. The zero-order valence-corrected chi connectivity index (χ0v) is 19.8. The van der Waals surface area contributed by atoms with Gasteiger partial charge >= 0.3 is 0 Å². The molecule has 0 atom stereocenters. The van der Waals surface area contributed by atoms with E-state index in [1.165, 1.54) is 23.6 Å². The highest BCUT2D eigenvalue weighted by molar-refractivity contribution is 7.13. The highest BCUT2D eigenvalue weighted by atomic mass is 35.5. The Labute approximate surface area is 204 Å². The molecule has 8 nitrogen and oxygen atoms in total. The van der Waals surface area contributed by atoms with Crippen molar-refractivity contribution in [2.45, 2.75) is 13.1 Å². The van der Waals surface area contributed by atoms with E-state index in [1.807, 2.05) is 0 Å². The van der Waals surface area contributed by atoms with Crippen LogP contribution in [0.3, 0.4) is 0 Å². The van der Waals surface area contributed by atoms with Crippen molar-refractivity contribution >= 4 is 46.4 Å². The van der Waals surface area contributed by atoms with E-state index in [2.05, 4.69) is 20.2 Å². The Bertz CT molecular complexity index is 1220. The van der Waals surface area contributed by atoms with E-state index in [0.29, 0.717) is 54.2 Å². The first kappa shape index (κ1) is 23.4. The number of amides is 2. The van der Waals surface area contributed by atoms with E-state index in [4.69, 9.17) is 23.2 Å². The average molecular weight is 506 g/mol. The number of carbonyl (C=O) groups is 2. The third kappa shape index (κ3) is 5.80. The maximum Gasteiger partial charge on any atom is 0.263 e. The molecule has 0 radical (unpaired) electrons. The predicted molar refractivity (Wildman–Crippen MR) is 128 cm³/mol. The number of benzene rings is 1. The van der Waals surface area contributed by atoms with Crippen molar-refractivity contribution in [1.29, 1.82) is 0 Å². The van der Waals surface area contributed by atoms with E-state index < -0.39 is 0 Å². The molecule has 0 unspecified atom stereocenters. The molecule has 33 heavy (non-hydrogen) atoms. The summed E-state index contributed by atoms with van der Waals surface area (Å²) in [5, 5.41) is 4.72. The lowest BCUT2D eigenvalue weighted by molar-refractivity contribution is 0.0626. The van der Waals surface area contributed by atoms with Crippen LogP contribution >= 0.6 is 34.5 Å². The Morgan fingerprint density at radius 1 is 1.15 bits per heavy atom. The molecule has 1 fully saturated rings. The van der Waals surface area contributed by atoms with E-state index in [9.17, 15) is 14.4 Å². The van der Waals surface area contributed by atoms with Gasteiger partial charge in [0.15, 0.2) is 0 Å². The number of carbonyl (C=O) groups excluding carboxylic acids is 2. The third-order valence-electron chi connectivity index (χ3n) is 5.30. The van der Waals surface area contributed by atoms with Gasteiger partial charge in [0.05, 0.1) is 12.7 Å². The lowest BCUT2D eigenvalue weighted by atomic mass is 10.2. The lowest BCUT2D eigenvalue weighted by Gasteiger charge is -2.34. The zero-order chi connectivity index (χ0) is 23.4. The van der Waals surface area contributed by atoms with Crippen LogP contribution in [0.1, 0.15) is 30.6 Å². The van der Waals surface area contributed by atoms with Crippen LogP contribution < -0.4 is 10.9 Å². The van der Waals surface area contributed by atoms with Gasteiger partial charge in [-0.05, 0) is 29.8 Å². The van der Waals surface area contributed by atoms with Crippen molar-refractivity contribution in [3.8, 4) is 0 Å². The number of piperazine rings is 1. The zero-order valence-electron chi connectivity index (χ0n) is 17.5. The summed E-state index contributed by atoms with van der Waals surface area (Å²) in [6.45, 7) is 3.25. The maximum absolute atomic E-state index is 12.6. The Balaban J connectivity index is 1.27. The largest absolute Gasteiger partial charge is 0.347 e. The van der Waals surface area contributed by atoms with Gasteiger partial charge in [-0.25, -0.2) is 4.98 Å². The highest BCUT2D eigenvalue weighted by Gasteiger charge is 2.24. The fourth-order valence-corrected chi connectivity index (χ4v) is 4.83. The molecule has 2 aromatic heterocycles. The van der Waals surface area contributed by atoms with Crippen LogP contribution in [-0.4, -0.2) is 57.8 Å². The molecule has 2 N–H and O–H groups in total. The summed E-state index contributed by atoms with van der Waals surface area (Å²) in [6, 6.07) is 8.33. The van der Waals surface area contributed by atoms with Gasteiger partial charge in [0, 0.05) is 49.0 Å². The number of nitrogens with zero attached hydrogens (tertiary/aromatic N) is 3. The second-order valence-corrected chi connectivity index (χ2v) is 9.48. The Morgan fingerprint density at radius 2 is 1.94 bits per heavy atom. The fourth-order valence-electron chi connectivity index (χ4n) is 3.48. The number of hydrogen-bond donors (Lipinski definition) is 2. The molecule has 3 heterocycles. The third-order valence-corrected chi connectivity index (χ3v) is 6.87. The summed E-state index contributed by atoms with van der Waals surface area (Å²) in [5.41, 5.74) is 0.558. The number of nitrogens with one attached hydrogen (secondary N) is 2. The molecule has 172 valence electrons. The molecule has 1 aliphatic rings. The van der Waals surface area contributed by atoms with Gasteiger partial charge in [0.2, 0.25) is 0 Å². The molecule has 2 amide bonds. The first-order chi connectivity index (χ1) is 15.9. The first-order valence-corrected chi connectivity index (χ1v) is 11.8. The van der Waals surface area contributed by atoms with Crippen molar-refractivity contribution in [3.63, 3.8) is 0 Å². The second-order valence-electron chi connectivity index (χ2n) is 7.52. The van der Waals surface area contributed by atoms with Crippen LogP contribution in [0.2, 0.25) is 10.0 Å². The quantitative estimate of drug-likeness (QED) is 0.536. The minimum Gasteiger partial charge on any atom is -0.347 e. The van der Waals surface area contributed by atoms with Crippen molar-refractivity contribution in [2.24, 2.45) is 0 Å². The highest BCUT2D eigenvalue weighted by Crippen LogP contribution is 2.21. The van der Waals surface area contributed by atoms with E-state index in [-0.39, 0.29) is 22.9 Å². The van der Waals surface area contributed by atoms with Gasteiger partial charge < -0.3 is 15.2 Å². The normalized spacial score (nSPS) is 14.3. The minimum absolute atomic E-state index is 0.154. The Hall–Kier alpha value is -2.72. The van der Waals surface area contributed by atoms with Crippen LogP contribution in [0.4, 0.5) is 0 Å². The van der Waals surface area contributed by atoms with Gasteiger partial charge in [-0.15, -0.1) is 11.3 Å². The van der Waals surface area contributed by atoms with Crippen molar-refractivity contribution in [3.05, 3.63) is 84.1 Å². The number of pyridine rings is 1. The van der Waals surface area contributed by atoms with Crippen LogP contribution in [0, 0.1) is 0 Å².